The summed E-state index contributed by atoms with van der Waals surface area (Å²) in [7, 11) is 1.27. The SMILES string of the molecule is COC(=O)c1nn(CCc2ccccc2)cc1NC(=O)COc1ccc(Br)cc1. The van der Waals surface area contributed by atoms with Crippen LogP contribution in [-0.2, 0) is 22.5 Å². The molecular weight excluding hydrogens is 438 g/mol. The second kappa shape index (κ2) is 9.88. The third-order valence-electron chi connectivity index (χ3n) is 4.07. The van der Waals surface area contributed by atoms with Crippen molar-refractivity contribution in [3.8, 4) is 5.75 Å². The molecule has 0 aliphatic carbocycles. The fraction of sp³-hybridized carbons (Fsp3) is 0.190. The molecule has 0 saturated carbocycles. The first kappa shape index (κ1) is 20.6. The second-order valence-corrected chi connectivity index (χ2v) is 7.09. The maximum atomic E-state index is 12.3. The van der Waals surface area contributed by atoms with Crippen molar-refractivity contribution in [2.24, 2.45) is 0 Å². The fourth-order valence-electron chi connectivity index (χ4n) is 2.63. The first-order valence-corrected chi connectivity index (χ1v) is 9.72. The Bertz CT molecular complexity index is 971. The number of esters is 1. The van der Waals surface area contributed by atoms with Crippen LogP contribution in [0.25, 0.3) is 0 Å². The topological polar surface area (TPSA) is 82.5 Å². The van der Waals surface area contributed by atoms with Crippen molar-refractivity contribution >= 4 is 33.5 Å². The van der Waals surface area contributed by atoms with Gasteiger partial charge in [-0.15, -0.1) is 0 Å². The van der Waals surface area contributed by atoms with Crippen LogP contribution in [0, 0.1) is 0 Å². The number of nitrogens with zero attached hydrogens (tertiary/aromatic N) is 2. The number of carbonyl (C=O) groups is 2. The van der Waals surface area contributed by atoms with Crippen molar-refractivity contribution in [3.63, 3.8) is 0 Å². The molecule has 3 aromatic rings. The van der Waals surface area contributed by atoms with Gasteiger partial charge in [0.1, 0.15) is 5.75 Å². The van der Waals surface area contributed by atoms with Crippen LogP contribution in [0.1, 0.15) is 16.1 Å². The van der Waals surface area contributed by atoms with E-state index < -0.39 is 11.9 Å². The Hall–Kier alpha value is -3.13. The van der Waals surface area contributed by atoms with Gasteiger partial charge in [-0.25, -0.2) is 4.79 Å². The molecule has 0 fully saturated rings. The third-order valence-corrected chi connectivity index (χ3v) is 4.60. The smallest absolute Gasteiger partial charge is 0.360 e. The Morgan fingerprint density at radius 1 is 1.10 bits per heavy atom. The summed E-state index contributed by atoms with van der Waals surface area (Å²) >= 11 is 3.34. The molecule has 29 heavy (non-hydrogen) atoms. The van der Waals surface area contributed by atoms with E-state index in [1.54, 1.807) is 23.0 Å². The zero-order valence-corrected chi connectivity index (χ0v) is 17.4. The zero-order valence-electron chi connectivity index (χ0n) is 15.8. The number of anilines is 1. The van der Waals surface area contributed by atoms with Crippen molar-refractivity contribution in [2.75, 3.05) is 19.0 Å². The highest BCUT2D eigenvalue weighted by Gasteiger charge is 2.19. The lowest BCUT2D eigenvalue weighted by atomic mass is 10.1. The number of ether oxygens (including phenoxy) is 2. The van der Waals surface area contributed by atoms with E-state index in [4.69, 9.17) is 9.47 Å². The lowest BCUT2D eigenvalue weighted by Gasteiger charge is -2.07. The number of halogens is 1. The second-order valence-electron chi connectivity index (χ2n) is 6.17. The van der Waals surface area contributed by atoms with Gasteiger partial charge in [0.2, 0.25) is 0 Å². The summed E-state index contributed by atoms with van der Waals surface area (Å²) in [6.45, 7) is 0.358. The van der Waals surface area contributed by atoms with Crippen molar-refractivity contribution in [2.45, 2.75) is 13.0 Å². The number of aryl methyl sites for hydroxylation is 2. The molecule has 2 aromatic carbocycles. The molecule has 0 aliphatic rings. The Balaban J connectivity index is 1.64. The highest BCUT2D eigenvalue weighted by atomic mass is 79.9. The predicted molar refractivity (Wildman–Crippen MR) is 112 cm³/mol. The highest BCUT2D eigenvalue weighted by molar-refractivity contribution is 9.10. The molecule has 7 nitrogen and oxygen atoms in total. The van der Waals surface area contributed by atoms with Crippen LogP contribution in [0.3, 0.4) is 0 Å². The minimum atomic E-state index is -0.618. The van der Waals surface area contributed by atoms with Crippen molar-refractivity contribution in [1.29, 1.82) is 0 Å². The van der Waals surface area contributed by atoms with Gasteiger partial charge in [0.25, 0.3) is 5.91 Å². The Kier molecular flexibility index (Phi) is 7.02. The van der Waals surface area contributed by atoms with Crippen LogP contribution in [-0.4, -0.2) is 35.4 Å². The number of nitrogens with one attached hydrogen (secondary N) is 1. The summed E-state index contributed by atoms with van der Waals surface area (Å²) in [5.74, 6) is -0.455. The molecule has 0 bridgehead atoms. The lowest BCUT2D eigenvalue weighted by molar-refractivity contribution is -0.118. The first-order chi connectivity index (χ1) is 14.0. The number of amides is 1. The molecule has 1 aromatic heterocycles. The van der Waals surface area contributed by atoms with Crippen LogP contribution in [0.15, 0.2) is 65.3 Å². The molecule has 0 saturated heterocycles. The molecular formula is C21H20BrN3O4. The minimum Gasteiger partial charge on any atom is -0.484 e. The Morgan fingerprint density at radius 2 is 1.83 bits per heavy atom. The van der Waals surface area contributed by atoms with E-state index in [9.17, 15) is 9.59 Å². The summed E-state index contributed by atoms with van der Waals surface area (Å²) in [4.78, 5) is 24.3. The lowest BCUT2D eigenvalue weighted by Crippen LogP contribution is -2.21. The molecule has 0 atom stereocenters. The van der Waals surface area contributed by atoms with Crippen LogP contribution >= 0.6 is 15.9 Å². The largest absolute Gasteiger partial charge is 0.484 e. The average molecular weight is 458 g/mol. The summed E-state index contributed by atoms with van der Waals surface area (Å²) in [6, 6.07) is 17.1. The molecule has 0 unspecified atom stereocenters. The molecule has 150 valence electrons. The van der Waals surface area contributed by atoms with Crippen LogP contribution in [0.4, 0.5) is 5.69 Å². The molecule has 8 heteroatoms. The van der Waals surface area contributed by atoms with E-state index in [0.29, 0.717) is 12.3 Å². The molecule has 1 amide bonds. The van der Waals surface area contributed by atoms with Crippen molar-refractivity contribution in [3.05, 3.63) is 76.5 Å². The molecule has 0 radical (unpaired) electrons. The summed E-state index contributed by atoms with van der Waals surface area (Å²) in [5.41, 5.74) is 1.49. The van der Waals surface area contributed by atoms with Crippen LogP contribution in [0.2, 0.25) is 0 Å². The molecule has 0 aliphatic heterocycles. The molecule has 1 heterocycles. The molecule has 1 N–H and O–H groups in total. The Morgan fingerprint density at radius 3 is 2.52 bits per heavy atom. The average Bonchev–Trinajstić information content (AvgIpc) is 3.14. The number of hydrogen-bond acceptors (Lipinski definition) is 5. The summed E-state index contributed by atoms with van der Waals surface area (Å²) in [6.07, 6.45) is 2.36. The highest BCUT2D eigenvalue weighted by Crippen LogP contribution is 2.18. The predicted octanol–water partition coefficient (Wildman–Crippen LogP) is 3.69. The fourth-order valence-corrected chi connectivity index (χ4v) is 2.89. The van der Waals surface area contributed by atoms with Gasteiger partial charge in [-0.05, 0) is 36.2 Å². The van der Waals surface area contributed by atoms with E-state index in [0.717, 1.165) is 16.5 Å². The number of carbonyl (C=O) groups excluding carboxylic acids is 2. The third kappa shape index (κ3) is 5.92. The number of aromatic nitrogens is 2. The maximum absolute atomic E-state index is 12.3. The van der Waals surface area contributed by atoms with E-state index in [2.05, 4.69) is 26.3 Å². The standard InChI is InChI=1S/C21H20BrN3O4/c1-28-21(27)20-18(13-25(24-20)12-11-15-5-3-2-4-6-15)23-19(26)14-29-17-9-7-16(22)8-10-17/h2-10,13H,11-12,14H2,1H3,(H,23,26). The number of rotatable bonds is 8. The Labute approximate surface area is 176 Å². The van der Waals surface area contributed by atoms with E-state index in [-0.39, 0.29) is 18.0 Å². The van der Waals surface area contributed by atoms with Gasteiger partial charge in [0.05, 0.1) is 12.8 Å². The van der Waals surface area contributed by atoms with E-state index in [1.807, 2.05) is 42.5 Å². The molecule has 3 rings (SSSR count). The van der Waals surface area contributed by atoms with Crippen molar-refractivity contribution < 1.29 is 19.1 Å². The van der Waals surface area contributed by atoms with Gasteiger partial charge < -0.3 is 14.8 Å². The normalized spacial score (nSPS) is 10.4. The van der Waals surface area contributed by atoms with Crippen LogP contribution < -0.4 is 10.1 Å². The van der Waals surface area contributed by atoms with Crippen LogP contribution in [0.5, 0.6) is 5.75 Å². The van der Waals surface area contributed by atoms with Gasteiger partial charge in [0.15, 0.2) is 12.3 Å². The van der Waals surface area contributed by atoms with Gasteiger partial charge in [-0.3, -0.25) is 9.48 Å². The minimum absolute atomic E-state index is 0.0533. The van der Waals surface area contributed by atoms with Gasteiger partial charge in [-0.2, -0.15) is 5.10 Å². The first-order valence-electron chi connectivity index (χ1n) is 8.93. The number of benzene rings is 2. The number of methoxy groups -OCH3 is 1. The van der Waals surface area contributed by atoms with Gasteiger partial charge in [-0.1, -0.05) is 46.3 Å². The summed E-state index contributed by atoms with van der Waals surface area (Å²) < 4.78 is 12.8. The molecule has 0 spiro atoms. The van der Waals surface area contributed by atoms with Crippen molar-refractivity contribution in [1.82, 2.24) is 9.78 Å². The van der Waals surface area contributed by atoms with E-state index >= 15 is 0 Å². The zero-order chi connectivity index (χ0) is 20.6. The van der Waals surface area contributed by atoms with Gasteiger partial charge >= 0.3 is 5.97 Å². The number of hydrogen-bond donors (Lipinski definition) is 1. The summed E-state index contributed by atoms with van der Waals surface area (Å²) in [5, 5.41) is 6.93. The monoisotopic (exact) mass is 457 g/mol. The van der Waals surface area contributed by atoms with Gasteiger partial charge in [0, 0.05) is 17.2 Å². The quantitative estimate of drug-likeness (QED) is 0.521. The van der Waals surface area contributed by atoms with E-state index in [1.165, 1.54) is 7.11 Å². The maximum Gasteiger partial charge on any atom is 0.360 e.